The maximum Gasteiger partial charge on any atom is 0.254 e. The fraction of sp³-hybridized carbons (Fsp3) is 0.417. The fourth-order valence-corrected chi connectivity index (χ4v) is 1.90. The number of amides is 1. The first-order valence-electron chi connectivity index (χ1n) is 5.27. The van der Waals surface area contributed by atoms with Gasteiger partial charge in [-0.05, 0) is 31.5 Å². The lowest BCUT2D eigenvalue weighted by Crippen LogP contribution is -2.33. The second kappa shape index (κ2) is 6.01. The second-order valence-corrected chi connectivity index (χ2v) is 4.38. The Morgan fingerprint density at radius 3 is 2.75 bits per heavy atom. The summed E-state index contributed by atoms with van der Waals surface area (Å²) in [6.07, 6.45) is 0. The number of hydrogen-bond donors (Lipinski definition) is 1. The van der Waals surface area contributed by atoms with Crippen molar-refractivity contribution in [1.82, 2.24) is 4.90 Å². The van der Waals surface area contributed by atoms with Gasteiger partial charge in [0.05, 0.1) is 6.61 Å². The van der Waals surface area contributed by atoms with Crippen molar-refractivity contribution in [3.05, 3.63) is 33.8 Å². The van der Waals surface area contributed by atoms with Gasteiger partial charge in [0.2, 0.25) is 0 Å². The Hall–Kier alpha value is -0.870. The van der Waals surface area contributed by atoms with E-state index < -0.39 is 0 Å². The van der Waals surface area contributed by atoms with Crippen LogP contribution >= 0.6 is 15.9 Å². The van der Waals surface area contributed by atoms with Crippen LogP contribution in [0, 0.1) is 6.92 Å². The highest BCUT2D eigenvalue weighted by Crippen LogP contribution is 2.20. The van der Waals surface area contributed by atoms with E-state index in [4.69, 9.17) is 5.11 Å². The van der Waals surface area contributed by atoms with E-state index in [2.05, 4.69) is 15.9 Å². The van der Waals surface area contributed by atoms with Gasteiger partial charge in [0.25, 0.3) is 5.91 Å². The van der Waals surface area contributed by atoms with Crippen LogP contribution in [-0.4, -0.2) is 35.6 Å². The lowest BCUT2D eigenvalue weighted by Gasteiger charge is -2.20. The molecule has 0 bridgehead atoms. The minimum Gasteiger partial charge on any atom is -0.395 e. The molecule has 0 saturated carbocycles. The predicted octanol–water partition coefficient (Wildman–Crippen LogP) is 2.21. The number of benzene rings is 1. The fourth-order valence-electron chi connectivity index (χ4n) is 1.53. The van der Waals surface area contributed by atoms with Crippen molar-refractivity contribution in [3.63, 3.8) is 0 Å². The van der Waals surface area contributed by atoms with Crippen LogP contribution < -0.4 is 0 Å². The minimum absolute atomic E-state index is 0.00731. The predicted molar refractivity (Wildman–Crippen MR) is 67.5 cm³/mol. The van der Waals surface area contributed by atoms with Gasteiger partial charge < -0.3 is 10.0 Å². The number of likely N-dealkylation sites (N-methyl/N-ethyl adjacent to an activating group) is 1. The van der Waals surface area contributed by atoms with Crippen LogP contribution in [0.4, 0.5) is 0 Å². The van der Waals surface area contributed by atoms with E-state index >= 15 is 0 Å². The van der Waals surface area contributed by atoms with Crippen LogP contribution in [0.5, 0.6) is 0 Å². The van der Waals surface area contributed by atoms with Crippen molar-refractivity contribution in [2.24, 2.45) is 0 Å². The number of aliphatic hydroxyl groups excluding tert-OH is 1. The molecule has 0 aromatic heterocycles. The van der Waals surface area contributed by atoms with Crippen LogP contribution in [0.3, 0.4) is 0 Å². The molecule has 0 unspecified atom stereocenters. The van der Waals surface area contributed by atoms with Gasteiger partial charge in [0.1, 0.15) is 0 Å². The third-order valence-corrected chi connectivity index (χ3v) is 3.40. The highest BCUT2D eigenvalue weighted by atomic mass is 79.9. The van der Waals surface area contributed by atoms with Gasteiger partial charge >= 0.3 is 0 Å². The summed E-state index contributed by atoms with van der Waals surface area (Å²) in [7, 11) is 0. The van der Waals surface area contributed by atoms with Crippen LogP contribution in [0.25, 0.3) is 0 Å². The molecule has 88 valence electrons. The zero-order chi connectivity index (χ0) is 12.1. The topological polar surface area (TPSA) is 40.5 Å². The Balaban J connectivity index is 2.99. The smallest absolute Gasteiger partial charge is 0.254 e. The number of rotatable bonds is 4. The van der Waals surface area contributed by atoms with E-state index in [1.807, 2.05) is 32.0 Å². The molecule has 0 fully saturated rings. The number of aliphatic hydroxyl groups is 1. The van der Waals surface area contributed by atoms with Gasteiger partial charge in [-0.1, -0.05) is 22.0 Å². The molecule has 0 aliphatic heterocycles. The van der Waals surface area contributed by atoms with Gasteiger partial charge in [-0.3, -0.25) is 4.79 Å². The van der Waals surface area contributed by atoms with Crippen molar-refractivity contribution in [2.45, 2.75) is 13.8 Å². The maximum atomic E-state index is 12.1. The average Bonchev–Trinajstić information content (AvgIpc) is 2.29. The highest BCUT2D eigenvalue weighted by Gasteiger charge is 2.16. The van der Waals surface area contributed by atoms with Crippen molar-refractivity contribution in [1.29, 1.82) is 0 Å². The number of carbonyl (C=O) groups excluding carboxylic acids is 1. The second-order valence-electron chi connectivity index (χ2n) is 3.52. The molecule has 0 aliphatic carbocycles. The van der Waals surface area contributed by atoms with Crippen molar-refractivity contribution in [3.8, 4) is 0 Å². The Morgan fingerprint density at radius 2 is 2.19 bits per heavy atom. The van der Waals surface area contributed by atoms with Crippen LogP contribution in [0.1, 0.15) is 22.8 Å². The molecule has 1 aromatic rings. The van der Waals surface area contributed by atoms with E-state index in [-0.39, 0.29) is 12.5 Å². The Labute approximate surface area is 104 Å². The van der Waals surface area contributed by atoms with E-state index in [0.717, 1.165) is 10.0 Å². The van der Waals surface area contributed by atoms with E-state index in [0.29, 0.717) is 18.7 Å². The molecular weight excluding hydrogens is 270 g/mol. The zero-order valence-corrected chi connectivity index (χ0v) is 11.1. The maximum absolute atomic E-state index is 12.1. The Bertz CT molecular complexity index is 379. The Morgan fingerprint density at radius 1 is 1.50 bits per heavy atom. The summed E-state index contributed by atoms with van der Waals surface area (Å²) >= 11 is 3.40. The SMILES string of the molecule is CCN(CCO)C(=O)c1cccc(Br)c1C. The third-order valence-electron chi connectivity index (χ3n) is 2.54. The zero-order valence-electron chi connectivity index (χ0n) is 9.53. The number of hydrogen-bond acceptors (Lipinski definition) is 2. The molecule has 16 heavy (non-hydrogen) atoms. The molecule has 0 spiro atoms. The molecule has 1 rings (SSSR count). The molecule has 1 amide bonds. The summed E-state index contributed by atoms with van der Waals surface area (Å²) in [5.74, 6) is -0.0321. The van der Waals surface area contributed by atoms with Crippen LogP contribution in [-0.2, 0) is 0 Å². The lowest BCUT2D eigenvalue weighted by molar-refractivity contribution is 0.0731. The quantitative estimate of drug-likeness (QED) is 0.922. The number of carbonyl (C=O) groups is 1. The first-order valence-corrected chi connectivity index (χ1v) is 6.06. The molecule has 3 nitrogen and oxygen atoms in total. The van der Waals surface area contributed by atoms with Gasteiger partial charge in [0.15, 0.2) is 0 Å². The molecule has 1 N–H and O–H groups in total. The highest BCUT2D eigenvalue weighted by molar-refractivity contribution is 9.10. The summed E-state index contributed by atoms with van der Waals surface area (Å²) in [6.45, 7) is 4.78. The van der Waals surface area contributed by atoms with Gasteiger partial charge in [-0.2, -0.15) is 0 Å². The lowest BCUT2D eigenvalue weighted by atomic mass is 10.1. The molecule has 4 heteroatoms. The van der Waals surface area contributed by atoms with Gasteiger partial charge in [0, 0.05) is 23.1 Å². The standard InChI is InChI=1S/C12H16BrNO2/c1-3-14(7-8-15)12(16)10-5-4-6-11(13)9(10)2/h4-6,15H,3,7-8H2,1-2H3. The van der Waals surface area contributed by atoms with Gasteiger partial charge in [-0.25, -0.2) is 0 Å². The molecule has 0 atom stereocenters. The average molecular weight is 286 g/mol. The molecule has 0 saturated heterocycles. The molecule has 0 aliphatic rings. The molecule has 0 heterocycles. The van der Waals surface area contributed by atoms with E-state index in [9.17, 15) is 4.79 Å². The monoisotopic (exact) mass is 285 g/mol. The molecule has 0 radical (unpaired) electrons. The Kier molecular flexibility index (Phi) is 4.96. The number of halogens is 1. The summed E-state index contributed by atoms with van der Waals surface area (Å²) in [5.41, 5.74) is 1.62. The van der Waals surface area contributed by atoms with Crippen LogP contribution in [0.2, 0.25) is 0 Å². The first kappa shape index (κ1) is 13.2. The van der Waals surface area contributed by atoms with Crippen LogP contribution in [0.15, 0.2) is 22.7 Å². The first-order chi connectivity index (χ1) is 7.61. The normalized spacial score (nSPS) is 10.2. The molecule has 1 aromatic carbocycles. The summed E-state index contributed by atoms with van der Waals surface area (Å²) < 4.78 is 0.929. The minimum atomic E-state index is -0.0321. The third kappa shape index (κ3) is 2.83. The van der Waals surface area contributed by atoms with Crippen molar-refractivity contribution in [2.75, 3.05) is 19.7 Å². The summed E-state index contributed by atoms with van der Waals surface area (Å²) in [4.78, 5) is 13.8. The van der Waals surface area contributed by atoms with Crippen molar-refractivity contribution >= 4 is 21.8 Å². The largest absolute Gasteiger partial charge is 0.395 e. The van der Waals surface area contributed by atoms with E-state index in [1.54, 1.807) is 4.90 Å². The summed E-state index contributed by atoms with van der Waals surface area (Å²) in [6, 6.07) is 5.56. The number of nitrogens with zero attached hydrogens (tertiary/aromatic N) is 1. The van der Waals surface area contributed by atoms with E-state index in [1.165, 1.54) is 0 Å². The summed E-state index contributed by atoms with van der Waals surface area (Å²) in [5, 5.41) is 8.88. The van der Waals surface area contributed by atoms with Gasteiger partial charge in [-0.15, -0.1) is 0 Å². The molecular formula is C12H16BrNO2. The van der Waals surface area contributed by atoms with Crippen molar-refractivity contribution < 1.29 is 9.90 Å².